The Hall–Kier alpha value is -1.43. The predicted molar refractivity (Wildman–Crippen MR) is 69.0 cm³/mol. The Morgan fingerprint density at radius 2 is 2.29 bits per heavy atom. The summed E-state index contributed by atoms with van der Waals surface area (Å²) in [7, 11) is 1.66. The van der Waals surface area contributed by atoms with Crippen LogP contribution in [0, 0.1) is 6.92 Å². The summed E-state index contributed by atoms with van der Waals surface area (Å²) in [6.45, 7) is 2.04. The molecule has 0 saturated heterocycles. The van der Waals surface area contributed by atoms with E-state index in [0.717, 1.165) is 16.2 Å². The third kappa shape index (κ3) is 2.46. The molecule has 1 aromatic heterocycles. The zero-order valence-electron chi connectivity index (χ0n) is 9.81. The van der Waals surface area contributed by atoms with Gasteiger partial charge in [-0.05, 0) is 13.0 Å². The second-order valence-electron chi connectivity index (χ2n) is 3.75. The van der Waals surface area contributed by atoms with E-state index in [1.54, 1.807) is 24.0 Å². The van der Waals surface area contributed by atoms with Gasteiger partial charge in [-0.2, -0.15) is 0 Å². The van der Waals surface area contributed by atoms with Gasteiger partial charge in [0.2, 0.25) is 0 Å². The number of nitrogens with one attached hydrogen (secondary N) is 1. The Morgan fingerprint density at radius 3 is 2.88 bits per heavy atom. The first kappa shape index (κ1) is 12.0. The molecule has 1 atom stereocenters. The van der Waals surface area contributed by atoms with Crippen LogP contribution < -0.4 is 16.0 Å². The van der Waals surface area contributed by atoms with E-state index in [2.05, 4.69) is 16.5 Å². The fourth-order valence-electron chi connectivity index (χ4n) is 1.77. The average Bonchev–Trinajstić information content (AvgIpc) is 2.84. The number of rotatable bonds is 4. The monoisotopic (exact) mass is 249 g/mol. The van der Waals surface area contributed by atoms with Gasteiger partial charge in [0.15, 0.2) is 0 Å². The molecule has 3 N–H and O–H groups in total. The van der Waals surface area contributed by atoms with Crippen molar-refractivity contribution in [3.05, 3.63) is 45.9 Å². The van der Waals surface area contributed by atoms with Crippen molar-refractivity contribution in [3.63, 3.8) is 0 Å². The summed E-state index contributed by atoms with van der Waals surface area (Å²) in [6, 6.07) is 5.96. The number of aryl methyl sites for hydroxylation is 1. The van der Waals surface area contributed by atoms with Crippen LogP contribution in [0.25, 0.3) is 0 Å². The summed E-state index contributed by atoms with van der Waals surface area (Å²) in [4.78, 5) is 5.14. The van der Waals surface area contributed by atoms with Crippen LogP contribution in [0.1, 0.15) is 22.0 Å². The summed E-state index contributed by atoms with van der Waals surface area (Å²) in [5, 5.41) is 0. The average molecular weight is 249 g/mol. The number of nitrogens with zero attached hydrogens (tertiary/aromatic N) is 1. The maximum absolute atomic E-state index is 5.64. The third-order valence-electron chi connectivity index (χ3n) is 2.60. The molecule has 90 valence electrons. The highest BCUT2D eigenvalue weighted by Crippen LogP contribution is 2.31. The summed E-state index contributed by atoms with van der Waals surface area (Å²) in [5.41, 5.74) is 6.81. The smallest absolute Gasteiger partial charge is 0.124 e. The molecule has 0 bridgehead atoms. The highest BCUT2D eigenvalue weighted by molar-refractivity contribution is 7.09. The highest BCUT2D eigenvalue weighted by atomic mass is 32.1. The fraction of sp³-hybridized carbons (Fsp3) is 0.250. The lowest BCUT2D eigenvalue weighted by molar-refractivity contribution is 0.404. The Morgan fingerprint density at radius 1 is 1.47 bits per heavy atom. The van der Waals surface area contributed by atoms with Crippen LogP contribution in [0.4, 0.5) is 0 Å². The molecule has 0 saturated carbocycles. The lowest BCUT2D eigenvalue weighted by atomic mass is 10.0. The number of thiazole rings is 1. The van der Waals surface area contributed by atoms with Gasteiger partial charge in [-0.1, -0.05) is 17.7 Å². The first-order valence-corrected chi connectivity index (χ1v) is 6.13. The molecule has 0 aliphatic rings. The van der Waals surface area contributed by atoms with E-state index in [1.165, 1.54) is 5.56 Å². The van der Waals surface area contributed by atoms with Gasteiger partial charge in [-0.25, -0.2) is 5.43 Å². The van der Waals surface area contributed by atoms with E-state index < -0.39 is 0 Å². The second-order valence-corrected chi connectivity index (χ2v) is 4.67. The number of hydrazine groups is 1. The van der Waals surface area contributed by atoms with Gasteiger partial charge in [0.1, 0.15) is 5.75 Å². The lowest BCUT2D eigenvalue weighted by Crippen LogP contribution is -2.28. The van der Waals surface area contributed by atoms with Crippen LogP contribution in [0.5, 0.6) is 5.75 Å². The molecule has 1 heterocycles. The normalized spacial score (nSPS) is 12.4. The standard InChI is InChI=1S/C12H15N3OS/c1-8-3-4-10(16-2)9(5-8)12(15-13)11-6-14-7-17-11/h3-7,12,15H,13H2,1-2H3. The molecule has 0 spiro atoms. The topological polar surface area (TPSA) is 60.2 Å². The molecule has 1 unspecified atom stereocenters. The minimum absolute atomic E-state index is 0.0858. The van der Waals surface area contributed by atoms with E-state index >= 15 is 0 Å². The van der Waals surface area contributed by atoms with Crippen LogP contribution in [0.3, 0.4) is 0 Å². The van der Waals surface area contributed by atoms with E-state index in [-0.39, 0.29) is 6.04 Å². The molecular formula is C12H15N3OS. The third-order valence-corrected chi connectivity index (χ3v) is 3.44. The van der Waals surface area contributed by atoms with Crippen LogP contribution in [-0.4, -0.2) is 12.1 Å². The van der Waals surface area contributed by atoms with Crippen molar-refractivity contribution in [1.29, 1.82) is 0 Å². The van der Waals surface area contributed by atoms with Gasteiger partial charge < -0.3 is 4.74 Å². The molecule has 0 fully saturated rings. The van der Waals surface area contributed by atoms with E-state index in [0.29, 0.717) is 0 Å². The van der Waals surface area contributed by atoms with Crippen molar-refractivity contribution < 1.29 is 4.74 Å². The Labute approximate surface area is 104 Å². The van der Waals surface area contributed by atoms with Crippen molar-refractivity contribution >= 4 is 11.3 Å². The van der Waals surface area contributed by atoms with Crippen molar-refractivity contribution in [2.24, 2.45) is 5.84 Å². The molecular weight excluding hydrogens is 234 g/mol. The maximum atomic E-state index is 5.64. The van der Waals surface area contributed by atoms with Gasteiger partial charge in [0.25, 0.3) is 0 Å². The summed E-state index contributed by atoms with van der Waals surface area (Å²) in [5.74, 6) is 6.47. The Kier molecular flexibility index (Phi) is 3.73. The fourth-order valence-corrected chi connectivity index (χ4v) is 2.47. The molecule has 4 nitrogen and oxygen atoms in total. The van der Waals surface area contributed by atoms with Gasteiger partial charge in [-0.3, -0.25) is 10.8 Å². The SMILES string of the molecule is COc1ccc(C)cc1C(NN)c1cncs1. The maximum Gasteiger partial charge on any atom is 0.124 e. The molecule has 2 rings (SSSR count). The molecule has 0 amide bonds. The van der Waals surface area contributed by atoms with E-state index in [1.807, 2.05) is 25.3 Å². The van der Waals surface area contributed by atoms with Gasteiger partial charge in [-0.15, -0.1) is 11.3 Å². The van der Waals surface area contributed by atoms with Crippen LogP contribution >= 0.6 is 11.3 Å². The number of aromatic nitrogens is 1. The Balaban J connectivity index is 2.46. The van der Waals surface area contributed by atoms with Crippen molar-refractivity contribution in [1.82, 2.24) is 10.4 Å². The summed E-state index contributed by atoms with van der Waals surface area (Å²) >= 11 is 1.57. The van der Waals surface area contributed by atoms with Gasteiger partial charge in [0, 0.05) is 16.6 Å². The zero-order chi connectivity index (χ0) is 12.3. The summed E-state index contributed by atoms with van der Waals surface area (Å²) < 4.78 is 5.37. The van der Waals surface area contributed by atoms with Crippen LogP contribution in [0.15, 0.2) is 29.9 Å². The molecule has 1 aromatic carbocycles. The first-order valence-electron chi connectivity index (χ1n) is 5.25. The molecule has 2 aromatic rings. The van der Waals surface area contributed by atoms with Crippen LogP contribution in [-0.2, 0) is 0 Å². The largest absolute Gasteiger partial charge is 0.496 e. The molecule has 5 heteroatoms. The lowest BCUT2D eigenvalue weighted by Gasteiger charge is -2.18. The van der Waals surface area contributed by atoms with Crippen molar-refractivity contribution in [2.45, 2.75) is 13.0 Å². The minimum Gasteiger partial charge on any atom is -0.496 e. The number of benzene rings is 1. The molecule has 0 radical (unpaired) electrons. The molecule has 0 aliphatic carbocycles. The van der Waals surface area contributed by atoms with Gasteiger partial charge in [0.05, 0.1) is 18.7 Å². The number of hydrogen-bond donors (Lipinski definition) is 2. The second kappa shape index (κ2) is 5.27. The quantitative estimate of drug-likeness (QED) is 0.643. The highest BCUT2D eigenvalue weighted by Gasteiger charge is 2.18. The van der Waals surface area contributed by atoms with Crippen LogP contribution in [0.2, 0.25) is 0 Å². The number of hydrogen-bond acceptors (Lipinski definition) is 5. The van der Waals surface area contributed by atoms with Crippen molar-refractivity contribution in [3.8, 4) is 5.75 Å². The summed E-state index contributed by atoms with van der Waals surface area (Å²) in [6.07, 6.45) is 1.82. The number of nitrogens with two attached hydrogens (primary N) is 1. The molecule has 0 aliphatic heterocycles. The van der Waals surface area contributed by atoms with E-state index in [4.69, 9.17) is 10.6 Å². The van der Waals surface area contributed by atoms with Crippen molar-refractivity contribution in [2.75, 3.05) is 7.11 Å². The Bertz CT molecular complexity index is 485. The van der Waals surface area contributed by atoms with Gasteiger partial charge >= 0.3 is 0 Å². The minimum atomic E-state index is -0.0858. The van der Waals surface area contributed by atoms with E-state index in [9.17, 15) is 0 Å². The zero-order valence-corrected chi connectivity index (χ0v) is 10.6. The number of ether oxygens (including phenoxy) is 1. The predicted octanol–water partition coefficient (Wildman–Crippen LogP) is 2.01. The number of methoxy groups -OCH3 is 1. The molecule has 17 heavy (non-hydrogen) atoms. The first-order chi connectivity index (χ1) is 8.26.